The molecule has 0 aliphatic heterocycles. The van der Waals surface area contributed by atoms with Gasteiger partial charge in [-0.25, -0.2) is 0 Å². The lowest BCUT2D eigenvalue weighted by molar-refractivity contribution is 0.0893. The highest BCUT2D eigenvalue weighted by Gasteiger charge is 2.27. The van der Waals surface area contributed by atoms with Crippen LogP contribution in [0.2, 0.25) is 0 Å². The van der Waals surface area contributed by atoms with Gasteiger partial charge in [-0.3, -0.25) is 4.79 Å². The molecular formula is C29H34O. The molecule has 0 fully saturated rings. The maximum atomic E-state index is 13.0. The van der Waals surface area contributed by atoms with Crippen LogP contribution in [0.15, 0.2) is 53.6 Å². The van der Waals surface area contributed by atoms with E-state index >= 15 is 0 Å². The van der Waals surface area contributed by atoms with Crippen molar-refractivity contribution in [2.45, 2.75) is 77.0 Å². The van der Waals surface area contributed by atoms with Gasteiger partial charge in [0.05, 0.1) is 0 Å². The molecular weight excluding hydrogens is 364 g/mol. The van der Waals surface area contributed by atoms with E-state index in [2.05, 4.69) is 36.3 Å². The maximum absolute atomic E-state index is 13.0. The van der Waals surface area contributed by atoms with Gasteiger partial charge in [0.15, 0.2) is 5.78 Å². The summed E-state index contributed by atoms with van der Waals surface area (Å²) < 4.78 is 0. The summed E-state index contributed by atoms with van der Waals surface area (Å²) in [6, 6.07) is 6.19. The average molecular weight is 399 g/mol. The first-order valence-electron chi connectivity index (χ1n) is 11.9. The second-order valence-electron chi connectivity index (χ2n) is 9.22. The Balaban J connectivity index is 1.26. The van der Waals surface area contributed by atoms with E-state index in [1.54, 1.807) is 11.1 Å². The molecule has 4 rings (SSSR count). The molecule has 1 nitrogen and oxygen atoms in total. The summed E-state index contributed by atoms with van der Waals surface area (Å²) in [5, 5.41) is 0. The Morgan fingerprint density at radius 2 is 1.97 bits per heavy atom. The number of benzene rings is 1. The Hall–Kier alpha value is -2.33. The molecule has 0 spiro atoms. The third-order valence-electron chi connectivity index (χ3n) is 7.18. The number of carbonyl (C=O) groups excluding carboxylic acids is 1. The van der Waals surface area contributed by atoms with Crippen LogP contribution in [-0.4, -0.2) is 5.78 Å². The van der Waals surface area contributed by atoms with Crippen LogP contribution in [0.3, 0.4) is 0 Å². The molecule has 3 aliphatic rings. The lowest BCUT2D eigenvalue weighted by Crippen LogP contribution is -2.22. The number of hydrogen-bond donors (Lipinski definition) is 0. The Morgan fingerprint density at radius 3 is 2.80 bits per heavy atom. The summed E-state index contributed by atoms with van der Waals surface area (Å²) in [7, 11) is 0. The number of hydrogen-bond acceptors (Lipinski definition) is 1. The number of aryl methyl sites for hydroxylation is 1. The van der Waals surface area contributed by atoms with Crippen molar-refractivity contribution >= 4 is 5.78 Å². The number of carbonyl (C=O) groups is 1. The lowest BCUT2D eigenvalue weighted by Gasteiger charge is -2.24. The van der Waals surface area contributed by atoms with Crippen molar-refractivity contribution < 1.29 is 4.79 Å². The topological polar surface area (TPSA) is 17.1 Å². The van der Waals surface area contributed by atoms with E-state index in [1.807, 2.05) is 12.1 Å². The summed E-state index contributed by atoms with van der Waals surface area (Å²) in [5.41, 5.74) is 6.50. The van der Waals surface area contributed by atoms with Crippen molar-refractivity contribution in [1.82, 2.24) is 0 Å². The molecule has 3 aliphatic carbocycles. The standard InChI is InChI=1S/C29H34O/c1-2-8-23-16-20-28-27(21-23)19-18-26(29(28)30)14-7-10-22-9-6-13-25(17-15-22)24-11-4-3-5-12-24/h1,4,9,11-12,16,20-21,25-26H,3,5-8,10,13-15,17-19H2. The Labute approximate surface area is 182 Å². The Bertz CT molecular complexity index is 905. The zero-order valence-electron chi connectivity index (χ0n) is 18.2. The second kappa shape index (κ2) is 10.1. The number of ketones is 1. The second-order valence-corrected chi connectivity index (χ2v) is 9.22. The summed E-state index contributed by atoms with van der Waals surface area (Å²) in [4.78, 5) is 13.0. The van der Waals surface area contributed by atoms with Gasteiger partial charge in [0, 0.05) is 17.9 Å². The molecule has 0 bridgehead atoms. The van der Waals surface area contributed by atoms with Gasteiger partial charge in [-0.15, -0.1) is 12.3 Å². The third-order valence-corrected chi connectivity index (χ3v) is 7.18. The average Bonchev–Trinajstić information content (AvgIpc) is 3.02. The van der Waals surface area contributed by atoms with Crippen LogP contribution in [0.4, 0.5) is 0 Å². The first-order valence-corrected chi connectivity index (χ1v) is 11.9. The minimum absolute atomic E-state index is 0.202. The van der Waals surface area contributed by atoms with Crippen LogP contribution in [-0.2, 0) is 12.8 Å². The quantitative estimate of drug-likeness (QED) is 0.367. The van der Waals surface area contributed by atoms with Gasteiger partial charge < -0.3 is 0 Å². The van der Waals surface area contributed by atoms with Crippen molar-refractivity contribution in [3.8, 4) is 12.3 Å². The van der Waals surface area contributed by atoms with E-state index in [0.29, 0.717) is 12.2 Å². The molecule has 0 amide bonds. The first kappa shape index (κ1) is 20.9. The van der Waals surface area contributed by atoms with Crippen LogP contribution < -0.4 is 0 Å². The highest BCUT2D eigenvalue weighted by Crippen LogP contribution is 2.34. The van der Waals surface area contributed by atoms with Crippen molar-refractivity contribution in [2.75, 3.05) is 0 Å². The molecule has 2 unspecified atom stereocenters. The van der Waals surface area contributed by atoms with E-state index in [4.69, 9.17) is 6.42 Å². The van der Waals surface area contributed by atoms with E-state index < -0.39 is 0 Å². The van der Waals surface area contributed by atoms with E-state index in [9.17, 15) is 4.79 Å². The van der Waals surface area contributed by atoms with Gasteiger partial charge in [-0.2, -0.15) is 0 Å². The van der Waals surface area contributed by atoms with Crippen LogP contribution in [0.1, 0.15) is 85.7 Å². The van der Waals surface area contributed by atoms with E-state index in [1.165, 1.54) is 50.5 Å². The fourth-order valence-electron chi connectivity index (χ4n) is 5.45. The highest BCUT2D eigenvalue weighted by atomic mass is 16.1. The SMILES string of the molecule is C#CCc1ccc2c(c1)CCC(CCCC1=CCCC(C3=CCCC=C3)CC1)C2=O. The molecule has 0 heterocycles. The summed E-state index contributed by atoms with van der Waals surface area (Å²) in [6.07, 6.45) is 28.5. The highest BCUT2D eigenvalue weighted by molar-refractivity contribution is 6.00. The number of terminal acetylenes is 1. The van der Waals surface area contributed by atoms with Crippen molar-refractivity contribution in [3.05, 3.63) is 70.3 Å². The number of allylic oxidation sites excluding steroid dienone is 6. The van der Waals surface area contributed by atoms with Gasteiger partial charge in [-0.1, -0.05) is 48.1 Å². The third kappa shape index (κ3) is 5.04. The Kier molecular flexibility index (Phi) is 7.06. The predicted molar refractivity (Wildman–Crippen MR) is 125 cm³/mol. The molecule has 0 radical (unpaired) electrons. The molecule has 0 saturated carbocycles. The van der Waals surface area contributed by atoms with Crippen LogP contribution in [0, 0.1) is 24.2 Å². The van der Waals surface area contributed by atoms with Crippen LogP contribution >= 0.6 is 0 Å². The monoisotopic (exact) mass is 398 g/mol. The first-order chi connectivity index (χ1) is 14.7. The predicted octanol–water partition coefficient (Wildman–Crippen LogP) is 7.17. The van der Waals surface area contributed by atoms with Crippen LogP contribution in [0.5, 0.6) is 0 Å². The summed E-state index contributed by atoms with van der Waals surface area (Å²) in [5.74, 6) is 4.00. The number of Topliss-reactive ketones (excluding diaryl/α,β-unsaturated/α-hetero) is 1. The van der Waals surface area contributed by atoms with E-state index in [0.717, 1.165) is 42.7 Å². The van der Waals surface area contributed by atoms with Gasteiger partial charge in [0.1, 0.15) is 0 Å². The fourth-order valence-corrected chi connectivity index (χ4v) is 5.45. The van der Waals surface area contributed by atoms with Crippen molar-refractivity contribution in [1.29, 1.82) is 0 Å². The van der Waals surface area contributed by atoms with Gasteiger partial charge >= 0.3 is 0 Å². The zero-order chi connectivity index (χ0) is 20.8. The maximum Gasteiger partial charge on any atom is 0.166 e. The van der Waals surface area contributed by atoms with E-state index in [-0.39, 0.29) is 5.92 Å². The molecule has 0 saturated heterocycles. The molecule has 1 heteroatoms. The Morgan fingerprint density at radius 1 is 1.03 bits per heavy atom. The molecule has 156 valence electrons. The largest absolute Gasteiger partial charge is 0.294 e. The molecule has 1 aromatic rings. The van der Waals surface area contributed by atoms with Gasteiger partial charge in [0.2, 0.25) is 0 Å². The normalized spacial score (nSPS) is 23.8. The van der Waals surface area contributed by atoms with Crippen molar-refractivity contribution in [3.63, 3.8) is 0 Å². The summed E-state index contributed by atoms with van der Waals surface area (Å²) in [6.45, 7) is 0. The molecule has 30 heavy (non-hydrogen) atoms. The van der Waals surface area contributed by atoms with Gasteiger partial charge in [-0.05, 0) is 93.2 Å². The van der Waals surface area contributed by atoms with Crippen LogP contribution in [0.25, 0.3) is 0 Å². The molecule has 0 aromatic heterocycles. The minimum atomic E-state index is 0.202. The minimum Gasteiger partial charge on any atom is -0.294 e. The van der Waals surface area contributed by atoms with Crippen molar-refractivity contribution in [2.24, 2.45) is 11.8 Å². The lowest BCUT2D eigenvalue weighted by atomic mass is 9.79. The number of fused-ring (bicyclic) bond motifs is 1. The smallest absolute Gasteiger partial charge is 0.166 e. The fraction of sp³-hybridized carbons (Fsp3) is 0.483. The molecule has 1 aromatic carbocycles. The molecule has 0 N–H and O–H groups in total. The molecule has 2 atom stereocenters. The summed E-state index contributed by atoms with van der Waals surface area (Å²) >= 11 is 0. The van der Waals surface area contributed by atoms with Gasteiger partial charge in [0.25, 0.3) is 0 Å². The zero-order valence-corrected chi connectivity index (χ0v) is 18.2. The number of rotatable bonds is 6.